The second kappa shape index (κ2) is 9.30. The molecule has 0 aromatic heterocycles. The van der Waals surface area contributed by atoms with Crippen LogP contribution in [0.5, 0.6) is 0 Å². The Morgan fingerprint density at radius 1 is 1.12 bits per heavy atom. The summed E-state index contributed by atoms with van der Waals surface area (Å²) < 4.78 is 19.2. The molecule has 0 bridgehead atoms. The summed E-state index contributed by atoms with van der Waals surface area (Å²) in [5.74, 6) is -6.45. The monoisotopic (exact) mass is 462 g/mol. The van der Waals surface area contributed by atoms with E-state index in [9.17, 15) is 33.9 Å². The number of hydrogen-bond acceptors (Lipinski definition) is 12. The van der Waals surface area contributed by atoms with Crippen molar-refractivity contribution in [2.75, 3.05) is 13.2 Å². The highest BCUT2D eigenvalue weighted by Gasteiger charge is 2.50. The lowest BCUT2D eigenvalue weighted by Crippen LogP contribution is -2.42. The molecule has 174 valence electrons. The third kappa shape index (κ3) is 4.66. The van der Waals surface area contributed by atoms with E-state index in [1.807, 2.05) is 0 Å². The first-order valence-electron chi connectivity index (χ1n) is 9.56. The van der Waals surface area contributed by atoms with Crippen molar-refractivity contribution in [2.24, 2.45) is 0 Å². The van der Waals surface area contributed by atoms with Gasteiger partial charge in [-0.15, -0.1) is 0 Å². The fourth-order valence-corrected chi connectivity index (χ4v) is 3.14. The SMILES string of the molecule is C=C(C)C(=O)OCCc1cc2c(cc1C(=O)OC1C(=O)C(=O)O[C@@H]1[C@@H](O)CO)C(=O)OC2=O. The highest BCUT2D eigenvalue weighted by Crippen LogP contribution is 2.27. The van der Waals surface area contributed by atoms with Gasteiger partial charge < -0.3 is 29.2 Å². The third-order valence-corrected chi connectivity index (χ3v) is 4.84. The van der Waals surface area contributed by atoms with E-state index in [1.54, 1.807) is 0 Å². The molecule has 2 aliphatic heterocycles. The lowest BCUT2D eigenvalue weighted by atomic mass is 9.97. The zero-order valence-electron chi connectivity index (χ0n) is 17.2. The lowest BCUT2D eigenvalue weighted by Gasteiger charge is -2.21. The predicted molar refractivity (Wildman–Crippen MR) is 103 cm³/mol. The summed E-state index contributed by atoms with van der Waals surface area (Å²) in [5.41, 5.74) is -0.392. The second-order valence-corrected chi connectivity index (χ2v) is 7.21. The third-order valence-electron chi connectivity index (χ3n) is 4.84. The van der Waals surface area contributed by atoms with Gasteiger partial charge in [-0.25, -0.2) is 24.0 Å². The van der Waals surface area contributed by atoms with Gasteiger partial charge in [0.25, 0.3) is 5.78 Å². The molecule has 1 fully saturated rings. The molecule has 2 heterocycles. The zero-order chi connectivity index (χ0) is 24.4. The molecule has 1 unspecified atom stereocenters. The van der Waals surface area contributed by atoms with Crippen molar-refractivity contribution >= 4 is 35.6 Å². The first-order valence-corrected chi connectivity index (χ1v) is 9.56. The van der Waals surface area contributed by atoms with Crippen molar-refractivity contribution < 1.29 is 57.9 Å². The number of ketones is 1. The summed E-state index contributed by atoms with van der Waals surface area (Å²) >= 11 is 0. The molecule has 0 aliphatic carbocycles. The standard InChI is InChI=1S/C21H18O12/c1-8(2)17(25)30-4-3-9-5-11-12(20(28)33-19(11)27)6-10(9)18(26)32-16-14(24)21(29)31-15(16)13(23)7-22/h5-6,13,15-16,22-23H,1,3-4,7H2,2H3/t13-,15+,16?/m0/s1. The number of Topliss-reactive ketones (excluding diaryl/α,β-unsaturated/α-hetero) is 1. The number of hydrogen-bond donors (Lipinski definition) is 2. The summed E-state index contributed by atoms with van der Waals surface area (Å²) in [6.07, 6.45) is -5.30. The van der Waals surface area contributed by atoms with Gasteiger partial charge in [-0.05, 0) is 24.6 Å². The molecule has 12 nitrogen and oxygen atoms in total. The van der Waals surface area contributed by atoms with Crippen molar-refractivity contribution in [3.8, 4) is 0 Å². The maximum Gasteiger partial charge on any atom is 0.379 e. The highest BCUT2D eigenvalue weighted by molar-refractivity contribution is 6.37. The molecular formula is C21H18O12. The number of esters is 5. The van der Waals surface area contributed by atoms with Crippen molar-refractivity contribution in [3.05, 3.63) is 46.5 Å². The summed E-state index contributed by atoms with van der Waals surface area (Å²) in [4.78, 5) is 71.9. The average molecular weight is 462 g/mol. The van der Waals surface area contributed by atoms with Crippen LogP contribution in [0.3, 0.4) is 0 Å². The van der Waals surface area contributed by atoms with Gasteiger partial charge in [0.2, 0.25) is 6.10 Å². The van der Waals surface area contributed by atoms with Crippen LogP contribution in [0.4, 0.5) is 0 Å². The fraction of sp³-hybridized carbons (Fsp3) is 0.333. The minimum absolute atomic E-state index is 0.102. The summed E-state index contributed by atoms with van der Waals surface area (Å²) in [7, 11) is 0. The Hall–Kier alpha value is -3.90. The molecule has 33 heavy (non-hydrogen) atoms. The van der Waals surface area contributed by atoms with E-state index in [1.165, 1.54) is 13.0 Å². The number of aliphatic hydroxyl groups excluding tert-OH is 2. The topological polar surface area (TPSA) is 180 Å². The van der Waals surface area contributed by atoms with Gasteiger partial charge in [0.15, 0.2) is 6.10 Å². The summed E-state index contributed by atoms with van der Waals surface area (Å²) in [5, 5.41) is 18.9. The van der Waals surface area contributed by atoms with Crippen LogP contribution < -0.4 is 0 Å². The number of benzene rings is 1. The van der Waals surface area contributed by atoms with Gasteiger partial charge in [0.1, 0.15) is 6.10 Å². The highest BCUT2D eigenvalue weighted by atomic mass is 16.6. The Morgan fingerprint density at radius 2 is 1.76 bits per heavy atom. The van der Waals surface area contributed by atoms with Crippen LogP contribution in [-0.2, 0) is 39.8 Å². The van der Waals surface area contributed by atoms with E-state index < -0.39 is 60.5 Å². The molecule has 1 saturated heterocycles. The Balaban J connectivity index is 1.91. The lowest BCUT2D eigenvalue weighted by molar-refractivity contribution is -0.152. The van der Waals surface area contributed by atoms with Crippen molar-refractivity contribution in [1.29, 1.82) is 0 Å². The quantitative estimate of drug-likeness (QED) is 0.159. The maximum absolute atomic E-state index is 12.9. The van der Waals surface area contributed by atoms with Crippen molar-refractivity contribution in [2.45, 2.75) is 31.7 Å². The average Bonchev–Trinajstić information content (AvgIpc) is 3.21. The van der Waals surface area contributed by atoms with Gasteiger partial charge in [0.05, 0.1) is 29.9 Å². The molecule has 0 spiro atoms. The molecule has 12 heteroatoms. The molecule has 2 aliphatic rings. The number of carbonyl (C=O) groups excluding carboxylic acids is 6. The van der Waals surface area contributed by atoms with Crippen LogP contribution in [0.2, 0.25) is 0 Å². The molecule has 0 radical (unpaired) electrons. The minimum atomic E-state index is -1.86. The Bertz CT molecular complexity index is 1080. The van der Waals surface area contributed by atoms with E-state index >= 15 is 0 Å². The molecule has 1 aromatic carbocycles. The largest absolute Gasteiger partial charge is 0.462 e. The Labute approximate surface area is 185 Å². The number of cyclic esters (lactones) is 3. The normalized spacial score (nSPS) is 20.1. The maximum atomic E-state index is 12.9. The molecule has 0 saturated carbocycles. The van der Waals surface area contributed by atoms with Gasteiger partial charge in [-0.3, -0.25) is 4.79 Å². The molecule has 1 aromatic rings. The van der Waals surface area contributed by atoms with Crippen LogP contribution in [0.1, 0.15) is 43.6 Å². The summed E-state index contributed by atoms with van der Waals surface area (Å²) in [6.45, 7) is 3.75. The number of fused-ring (bicyclic) bond motifs is 1. The Kier molecular flexibility index (Phi) is 6.70. The number of aliphatic hydroxyl groups is 2. The van der Waals surface area contributed by atoms with Crippen LogP contribution in [0, 0.1) is 0 Å². The first-order chi connectivity index (χ1) is 15.5. The zero-order valence-corrected chi connectivity index (χ0v) is 17.2. The second-order valence-electron chi connectivity index (χ2n) is 7.21. The number of rotatable bonds is 8. The Morgan fingerprint density at radius 3 is 2.36 bits per heavy atom. The van der Waals surface area contributed by atoms with Gasteiger partial charge in [0, 0.05) is 12.0 Å². The van der Waals surface area contributed by atoms with Gasteiger partial charge in [-0.2, -0.15) is 0 Å². The van der Waals surface area contributed by atoms with Crippen molar-refractivity contribution in [1.82, 2.24) is 0 Å². The van der Waals surface area contributed by atoms with Crippen LogP contribution in [0.25, 0.3) is 0 Å². The van der Waals surface area contributed by atoms with E-state index in [0.717, 1.165) is 6.07 Å². The number of carbonyl (C=O) groups is 6. The molecular weight excluding hydrogens is 444 g/mol. The molecule has 2 N–H and O–H groups in total. The minimum Gasteiger partial charge on any atom is -0.462 e. The van der Waals surface area contributed by atoms with E-state index in [2.05, 4.69) is 16.1 Å². The van der Waals surface area contributed by atoms with E-state index in [0.29, 0.717) is 0 Å². The molecule has 3 rings (SSSR count). The first kappa shape index (κ1) is 23.8. The predicted octanol–water partition coefficient (Wildman–Crippen LogP) is -0.968. The van der Waals surface area contributed by atoms with Crippen LogP contribution in [-0.4, -0.2) is 77.4 Å². The number of ether oxygens (including phenoxy) is 4. The van der Waals surface area contributed by atoms with Gasteiger partial charge >= 0.3 is 29.8 Å². The van der Waals surface area contributed by atoms with Crippen molar-refractivity contribution in [3.63, 3.8) is 0 Å². The smallest absolute Gasteiger partial charge is 0.379 e. The summed E-state index contributed by atoms with van der Waals surface area (Å²) in [6, 6.07) is 2.20. The van der Waals surface area contributed by atoms with Crippen LogP contribution in [0.15, 0.2) is 24.3 Å². The molecule has 0 amide bonds. The van der Waals surface area contributed by atoms with E-state index in [-0.39, 0.29) is 40.9 Å². The fourth-order valence-electron chi connectivity index (χ4n) is 3.14. The van der Waals surface area contributed by atoms with Crippen LogP contribution >= 0.6 is 0 Å². The van der Waals surface area contributed by atoms with Gasteiger partial charge in [-0.1, -0.05) is 6.58 Å². The van der Waals surface area contributed by atoms with E-state index in [4.69, 9.17) is 14.6 Å². The molecule has 3 atom stereocenters.